The van der Waals surface area contributed by atoms with Crippen LogP contribution in [0.25, 0.3) is 0 Å². The molecular weight excluding hydrogens is 308 g/mol. The molecule has 1 amide bonds. The number of nitrogens with zero attached hydrogens (tertiary/aromatic N) is 1. The molecule has 25 heavy (non-hydrogen) atoms. The molecule has 138 valence electrons. The molecule has 2 aliphatic rings. The van der Waals surface area contributed by atoms with Crippen molar-refractivity contribution < 1.29 is 9.69 Å². The van der Waals surface area contributed by atoms with Gasteiger partial charge in [0, 0.05) is 37.4 Å². The third kappa shape index (κ3) is 4.84. The van der Waals surface area contributed by atoms with Gasteiger partial charge in [-0.05, 0) is 30.2 Å². The van der Waals surface area contributed by atoms with Crippen LogP contribution in [0.15, 0.2) is 24.3 Å². The summed E-state index contributed by atoms with van der Waals surface area (Å²) in [7, 11) is 0. The average Bonchev–Trinajstić information content (AvgIpc) is 2.62. The number of piperidine rings is 2. The van der Waals surface area contributed by atoms with Crippen molar-refractivity contribution in [1.29, 1.82) is 0 Å². The molecule has 1 atom stereocenters. The second-order valence-electron chi connectivity index (χ2n) is 8.63. The van der Waals surface area contributed by atoms with E-state index in [2.05, 4.69) is 49.9 Å². The number of nitrogens with one attached hydrogen (secondary N) is 1. The number of carbonyl (C=O) groups excluding carboxylic acids is 1. The van der Waals surface area contributed by atoms with Gasteiger partial charge in [-0.25, -0.2) is 0 Å². The highest BCUT2D eigenvalue weighted by atomic mass is 16.2. The number of carbonyl (C=O) groups is 1. The van der Waals surface area contributed by atoms with Crippen LogP contribution in [0.5, 0.6) is 0 Å². The van der Waals surface area contributed by atoms with E-state index in [-0.39, 0.29) is 5.92 Å². The molecule has 2 aliphatic heterocycles. The van der Waals surface area contributed by atoms with Gasteiger partial charge in [0.1, 0.15) is 6.54 Å². The molecule has 1 aromatic carbocycles. The van der Waals surface area contributed by atoms with E-state index in [4.69, 9.17) is 0 Å². The van der Waals surface area contributed by atoms with Gasteiger partial charge in [0.15, 0.2) is 0 Å². The lowest BCUT2D eigenvalue weighted by molar-refractivity contribution is -0.919. The van der Waals surface area contributed by atoms with Crippen LogP contribution in [0.2, 0.25) is 0 Å². The zero-order valence-corrected chi connectivity index (χ0v) is 16.3. The first-order valence-corrected chi connectivity index (χ1v) is 10.2. The van der Waals surface area contributed by atoms with Crippen molar-refractivity contribution >= 4 is 5.91 Å². The number of likely N-dealkylation sites (tertiary alicyclic amines) is 2. The Bertz CT molecular complexity index is 558. The van der Waals surface area contributed by atoms with Gasteiger partial charge in [0.2, 0.25) is 5.91 Å². The van der Waals surface area contributed by atoms with Crippen LogP contribution in [0.4, 0.5) is 0 Å². The summed E-state index contributed by atoms with van der Waals surface area (Å²) >= 11 is 0. The highest BCUT2D eigenvalue weighted by Crippen LogP contribution is 2.21. The molecule has 3 nitrogen and oxygen atoms in total. The highest BCUT2D eigenvalue weighted by Gasteiger charge is 2.32. The second kappa shape index (κ2) is 8.35. The minimum Gasteiger partial charge on any atom is -0.342 e. The molecule has 0 aliphatic carbocycles. The molecule has 1 aromatic rings. The Morgan fingerprint density at radius 1 is 1.16 bits per heavy atom. The number of hydrogen-bond donors (Lipinski definition) is 1. The number of benzene rings is 1. The number of quaternary nitrogens is 1. The van der Waals surface area contributed by atoms with Crippen LogP contribution in [0.3, 0.4) is 0 Å². The largest absolute Gasteiger partial charge is 0.342 e. The molecule has 0 bridgehead atoms. The van der Waals surface area contributed by atoms with E-state index in [0.29, 0.717) is 17.7 Å². The first-order chi connectivity index (χ1) is 12.0. The molecule has 0 radical (unpaired) electrons. The van der Waals surface area contributed by atoms with Crippen LogP contribution >= 0.6 is 0 Å². The summed E-state index contributed by atoms with van der Waals surface area (Å²) in [5.41, 5.74) is 2.84. The van der Waals surface area contributed by atoms with Crippen LogP contribution in [-0.2, 0) is 11.3 Å². The van der Waals surface area contributed by atoms with E-state index in [1.807, 2.05) is 0 Å². The summed E-state index contributed by atoms with van der Waals surface area (Å²) in [6.07, 6.45) is 4.58. The molecule has 3 rings (SSSR count). The monoisotopic (exact) mass is 343 g/mol. The van der Waals surface area contributed by atoms with Gasteiger partial charge in [-0.15, -0.1) is 0 Å². The van der Waals surface area contributed by atoms with Crippen LogP contribution in [0.1, 0.15) is 63.5 Å². The average molecular weight is 344 g/mol. The predicted octanol–water partition coefficient (Wildman–Crippen LogP) is 2.86. The van der Waals surface area contributed by atoms with E-state index in [9.17, 15) is 4.79 Å². The number of hydrogen-bond acceptors (Lipinski definition) is 1. The molecule has 3 heteroatoms. The highest BCUT2D eigenvalue weighted by molar-refractivity contribution is 5.79. The molecule has 2 heterocycles. The first-order valence-electron chi connectivity index (χ1n) is 10.2. The fraction of sp³-hybridized carbons (Fsp3) is 0.682. The summed E-state index contributed by atoms with van der Waals surface area (Å²) in [5, 5.41) is 0. The smallest absolute Gasteiger partial charge is 0.226 e. The minimum absolute atomic E-state index is 0.275. The van der Waals surface area contributed by atoms with Gasteiger partial charge < -0.3 is 9.80 Å². The van der Waals surface area contributed by atoms with Gasteiger partial charge in [0.05, 0.1) is 13.1 Å². The van der Waals surface area contributed by atoms with E-state index in [0.717, 1.165) is 45.6 Å². The van der Waals surface area contributed by atoms with Crippen LogP contribution in [0, 0.1) is 11.8 Å². The van der Waals surface area contributed by atoms with E-state index in [1.54, 1.807) is 4.90 Å². The summed E-state index contributed by atoms with van der Waals surface area (Å²) in [4.78, 5) is 16.6. The lowest BCUT2D eigenvalue weighted by Gasteiger charge is -2.36. The van der Waals surface area contributed by atoms with Crippen molar-refractivity contribution in [3.05, 3.63) is 35.4 Å². The third-order valence-electron chi connectivity index (χ3n) is 6.11. The first kappa shape index (κ1) is 18.4. The van der Waals surface area contributed by atoms with Gasteiger partial charge in [-0.3, -0.25) is 4.79 Å². The topological polar surface area (TPSA) is 24.8 Å². The van der Waals surface area contributed by atoms with Crippen LogP contribution < -0.4 is 4.90 Å². The third-order valence-corrected chi connectivity index (χ3v) is 6.11. The SMILES string of the molecule is CC(C)c1ccc(C[NH+]2CCC(C(=O)N3CCC[C@H](C)C3)CC2)cc1. The van der Waals surface area contributed by atoms with Gasteiger partial charge in [-0.1, -0.05) is 45.0 Å². The number of rotatable bonds is 4. The lowest BCUT2D eigenvalue weighted by Crippen LogP contribution is -3.11. The Labute approximate surface area is 153 Å². The molecule has 0 aromatic heterocycles. The van der Waals surface area contributed by atoms with E-state index >= 15 is 0 Å². The van der Waals surface area contributed by atoms with Crippen molar-refractivity contribution in [2.45, 2.75) is 58.9 Å². The summed E-state index contributed by atoms with van der Waals surface area (Å²) in [5.74, 6) is 1.99. The lowest BCUT2D eigenvalue weighted by atomic mass is 9.92. The molecular formula is C22H35N2O+. The maximum atomic E-state index is 12.8. The van der Waals surface area contributed by atoms with E-state index < -0.39 is 0 Å². The van der Waals surface area contributed by atoms with Crippen molar-refractivity contribution in [3.8, 4) is 0 Å². The summed E-state index contributed by atoms with van der Waals surface area (Å²) in [6.45, 7) is 12.1. The summed E-state index contributed by atoms with van der Waals surface area (Å²) < 4.78 is 0. The van der Waals surface area contributed by atoms with Crippen molar-refractivity contribution in [2.24, 2.45) is 11.8 Å². The molecule has 1 N–H and O–H groups in total. The predicted molar refractivity (Wildman–Crippen MR) is 103 cm³/mol. The van der Waals surface area contributed by atoms with E-state index in [1.165, 1.54) is 24.0 Å². The second-order valence-corrected chi connectivity index (χ2v) is 8.63. The summed E-state index contributed by atoms with van der Waals surface area (Å²) in [6, 6.07) is 9.11. The van der Waals surface area contributed by atoms with Crippen molar-refractivity contribution in [3.63, 3.8) is 0 Å². The van der Waals surface area contributed by atoms with Gasteiger partial charge in [-0.2, -0.15) is 0 Å². The molecule has 2 saturated heterocycles. The van der Waals surface area contributed by atoms with Crippen LogP contribution in [-0.4, -0.2) is 37.0 Å². The Kier molecular flexibility index (Phi) is 6.16. The van der Waals surface area contributed by atoms with Gasteiger partial charge >= 0.3 is 0 Å². The van der Waals surface area contributed by atoms with Crippen molar-refractivity contribution in [1.82, 2.24) is 4.90 Å². The van der Waals surface area contributed by atoms with Crippen molar-refractivity contribution in [2.75, 3.05) is 26.2 Å². The quantitative estimate of drug-likeness (QED) is 0.893. The Morgan fingerprint density at radius 3 is 2.44 bits per heavy atom. The minimum atomic E-state index is 0.275. The Balaban J connectivity index is 1.47. The Morgan fingerprint density at radius 2 is 1.84 bits per heavy atom. The fourth-order valence-corrected chi connectivity index (χ4v) is 4.41. The fourth-order valence-electron chi connectivity index (χ4n) is 4.41. The standard InChI is InChI=1S/C22H34N2O/c1-17(2)20-8-6-19(7-9-20)16-23-13-10-21(11-14-23)22(25)24-12-4-5-18(3)15-24/h6-9,17-18,21H,4-5,10-16H2,1-3H3/p+1/t18-/m0/s1. The maximum absolute atomic E-state index is 12.8. The maximum Gasteiger partial charge on any atom is 0.226 e. The Hall–Kier alpha value is -1.35. The zero-order valence-electron chi connectivity index (χ0n) is 16.3. The molecule has 2 fully saturated rings. The van der Waals surface area contributed by atoms with Gasteiger partial charge in [0.25, 0.3) is 0 Å². The number of amides is 1. The molecule has 0 unspecified atom stereocenters. The zero-order chi connectivity index (χ0) is 17.8. The molecule has 0 saturated carbocycles. The molecule has 0 spiro atoms. The normalized spacial score (nSPS) is 27.5.